The van der Waals surface area contributed by atoms with Crippen molar-refractivity contribution >= 4 is 5.97 Å². The van der Waals surface area contributed by atoms with Gasteiger partial charge in [0.05, 0.1) is 0 Å². The number of phenolic OH excluding ortho intramolecular Hbond substituents is 7. The lowest BCUT2D eigenvalue weighted by molar-refractivity contribution is -0.0192. The van der Waals surface area contributed by atoms with Gasteiger partial charge >= 0.3 is 5.97 Å². The largest absolute Gasteiger partial charge is 0.508 e. The molecular formula is C22H17FO10. The fourth-order valence-corrected chi connectivity index (χ4v) is 3.52. The minimum atomic E-state index is -1.53. The highest BCUT2D eigenvalue weighted by Gasteiger charge is 2.37. The Labute approximate surface area is 184 Å². The van der Waals surface area contributed by atoms with Crippen molar-refractivity contribution in [1.82, 2.24) is 0 Å². The van der Waals surface area contributed by atoms with Crippen molar-refractivity contribution < 1.29 is 54.4 Å². The number of phenols is 7. The van der Waals surface area contributed by atoms with Crippen LogP contribution in [0.25, 0.3) is 0 Å². The van der Waals surface area contributed by atoms with Crippen molar-refractivity contribution in [2.75, 3.05) is 0 Å². The minimum Gasteiger partial charge on any atom is -0.508 e. The maximum absolute atomic E-state index is 14.3. The minimum absolute atomic E-state index is 0.0588. The number of carbonyl (C=O) groups is 1. The Balaban J connectivity index is 1.75. The number of aromatic hydroxyl groups is 7. The van der Waals surface area contributed by atoms with Gasteiger partial charge in [0.2, 0.25) is 5.75 Å². The van der Waals surface area contributed by atoms with Crippen molar-refractivity contribution in [3.05, 3.63) is 58.9 Å². The summed E-state index contributed by atoms with van der Waals surface area (Å²) in [5.74, 6) is -7.83. The molecule has 1 heterocycles. The third kappa shape index (κ3) is 3.80. The molecule has 172 valence electrons. The maximum Gasteiger partial charge on any atom is 0.341 e. The van der Waals surface area contributed by atoms with E-state index in [0.29, 0.717) is 6.07 Å². The third-order valence-electron chi connectivity index (χ3n) is 5.17. The Morgan fingerprint density at radius 1 is 0.879 bits per heavy atom. The Hall–Kier alpha value is -4.54. The summed E-state index contributed by atoms with van der Waals surface area (Å²) in [4.78, 5) is 12.7. The quantitative estimate of drug-likeness (QED) is 0.227. The van der Waals surface area contributed by atoms with Crippen LogP contribution >= 0.6 is 0 Å². The molecule has 7 N–H and O–H groups in total. The van der Waals surface area contributed by atoms with E-state index in [0.717, 1.165) is 18.2 Å². The summed E-state index contributed by atoms with van der Waals surface area (Å²) in [6, 6.07) is 6.51. The summed E-state index contributed by atoms with van der Waals surface area (Å²) in [5, 5.41) is 68.0. The van der Waals surface area contributed by atoms with Crippen molar-refractivity contribution in [2.45, 2.75) is 18.6 Å². The molecule has 0 radical (unpaired) electrons. The molecule has 10 nitrogen and oxygen atoms in total. The molecule has 2 atom stereocenters. The van der Waals surface area contributed by atoms with E-state index >= 15 is 0 Å². The smallest absolute Gasteiger partial charge is 0.341 e. The zero-order valence-electron chi connectivity index (χ0n) is 16.6. The first-order valence-corrected chi connectivity index (χ1v) is 9.44. The van der Waals surface area contributed by atoms with E-state index < -0.39 is 58.3 Å². The van der Waals surface area contributed by atoms with E-state index in [2.05, 4.69) is 0 Å². The van der Waals surface area contributed by atoms with E-state index in [1.165, 1.54) is 12.1 Å². The molecule has 0 bridgehead atoms. The highest BCUT2D eigenvalue weighted by molar-refractivity contribution is 5.91. The van der Waals surface area contributed by atoms with E-state index in [9.17, 15) is 44.9 Å². The first-order valence-electron chi connectivity index (χ1n) is 9.44. The molecule has 0 saturated carbocycles. The van der Waals surface area contributed by atoms with Crippen LogP contribution in [-0.2, 0) is 11.2 Å². The van der Waals surface area contributed by atoms with Crippen LogP contribution < -0.4 is 4.74 Å². The molecule has 0 amide bonds. The average Bonchev–Trinajstić information content (AvgIpc) is 2.76. The summed E-state index contributed by atoms with van der Waals surface area (Å²) in [5.41, 5.74) is -0.481. The number of halogens is 1. The number of hydrogen-bond acceptors (Lipinski definition) is 10. The second-order valence-electron chi connectivity index (χ2n) is 7.33. The number of benzene rings is 3. The van der Waals surface area contributed by atoms with Gasteiger partial charge in [-0.3, -0.25) is 0 Å². The highest BCUT2D eigenvalue weighted by Crippen LogP contribution is 2.44. The van der Waals surface area contributed by atoms with Gasteiger partial charge in [0.25, 0.3) is 0 Å². The van der Waals surface area contributed by atoms with Gasteiger partial charge in [0.1, 0.15) is 28.9 Å². The number of esters is 1. The molecule has 0 fully saturated rings. The summed E-state index contributed by atoms with van der Waals surface area (Å²) < 4.78 is 25.5. The molecule has 0 saturated heterocycles. The zero-order valence-corrected chi connectivity index (χ0v) is 16.6. The van der Waals surface area contributed by atoms with E-state index in [1.807, 2.05) is 0 Å². The van der Waals surface area contributed by atoms with Gasteiger partial charge in [-0.25, -0.2) is 9.18 Å². The average molecular weight is 460 g/mol. The predicted molar refractivity (Wildman–Crippen MR) is 107 cm³/mol. The van der Waals surface area contributed by atoms with Gasteiger partial charge in [0, 0.05) is 35.7 Å². The van der Waals surface area contributed by atoms with Gasteiger partial charge in [-0.05, 0) is 12.1 Å². The first-order chi connectivity index (χ1) is 15.6. The maximum atomic E-state index is 14.3. The molecule has 4 rings (SSSR count). The van der Waals surface area contributed by atoms with Crippen LogP contribution in [0.15, 0.2) is 36.4 Å². The Morgan fingerprint density at radius 3 is 2.30 bits per heavy atom. The fraction of sp³-hybridized carbons (Fsp3) is 0.136. The molecule has 0 spiro atoms. The molecule has 0 aromatic heterocycles. The fourth-order valence-electron chi connectivity index (χ4n) is 3.52. The Bertz CT molecular complexity index is 1270. The van der Waals surface area contributed by atoms with Crippen molar-refractivity contribution in [1.29, 1.82) is 0 Å². The number of ether oxygens (including phenoxy) is 2. The number of hydrogen-bond donors (Lipinski definition) is 7. The number of carbonyl (C=O) groups excluding carboxylic acids is 1. The van der Waals surface area contributed by atoms with Crippen LogP contribution in [-0.4, -0.2) is 47.8 Å². The molecule has 0 unspecified atom stereocenters. The lowest BCUT2D eigenvalue weighted by atomic mass is 9.93. The molecule has 11 heteroatoms. The van der Waals surface area contributed by atoms with Gasteiger partial charge < -0.3 is 45.2 Å². The second kappa shape index (κ2) is 7.86. The topological polar surface area (TPSA) is 177 Å². The second-order valence-corrected chi connectivity index (χ2v) is 7.33. The zero-order chi connectivity index (χ0) is 24.0. The monoisotopic (exact) mass is 460 g/mol. The molecular weight excluding hydrogens is 443 g/mol. The number of fused-ring (bicyclic) bond motifs is 1. The highest BCUT2D eigenvalue weighted by atomic mass is 19.1. The van der Waals surface area contributed by atoms with Gasteiger partial charge in [-0.2, -0.15) is 0 Å². The SMILES string of the molecule is O=C(O[C@@H]1Cc2c(O)cc(O)cc2O[C@@H]1c1ccc(O)c(O)c1)c1cc(O)c(O)c(O)c1F. The van der Waals surface area contributed by atoms with Gasteiger partial charge in [-0.1, -0.05) is 6.07 Å². The standard InChI is InChI=1S/C22H17FO10/c23-18-11(6-15(28)19(29)20(18)30)22(31)33-17-7-10-13(26)4-9(24)5-16(10)32-21(17)8-1-2-12(25)14(27)3-8/h1-6,17,21,24-30H,7H2/t17-,21-/m1/s1. The van der Waals surface area contributed by atoms with Crippen LogP contribution in [0, 0.1) is 5.82 Å². The van der Waals surface area contributed by atoms with E-state index in [4.69, 9.17) is 9.47 Å². The molecule has 33 heavy (non-hydrogen) atoms. The normalized spacial score (nSPS) is 17.1. The Morgan fingerprint density at radius 2 is 1.61 bits per heavy atom. The summed E-state index contributed by atoms with van der Waals surface area (Å²) >= 11 is 0. The van der Waals surface area contributed by atoms with E-state index in [-0.39, 0.29) is 34.8 Å². The van der Waals surface area contributed by atoms with Crippen molar-refractivity contribution in [2.24, 2.45) is 0 Å². The van der Waals surface area contributed by atoms with Crippen LogP contribution in [0.1, 0.15) is 27.6 Å². The van der Waals surface area contributed by atoms with Crippen LogP contribution in [0.5, 0.6) is 46.0 Å². The summed E-state index contributed by atoms with van der Waals surface area (Å²) in [6.07, 6.45) is -2.55. The molecule has 0 aliphatic carbocycles. The van der Waals surface area contributed by atoms with Crippen molar-refractivity contribution in [3.8, 4) is 46.0 Å². The summed E-state index contributed by atoms with van der Waals surface area (Å²) in [6.45, 7) is 0. The van der Waals surface area contributed by atoms with Crippen LogP contribution in [0.4, 0.5) is 4.39 Å². The van der Waals surface area contributed by atoms with Crippen LogP contribution in [0.2, 0.25) is 0 Å². The lowest BCUT2D eigenvalue weighted by Gasteiger charge is -2.34. The number of rotatable bonds is 3. The van der Waals surface area contributed by atoms with E-state index in [1.54, 1.807) is 0 Å². The predicted octanol–water partition coefficient (Wildman–Crippen LogP) is 2.67. The third-order valence-corrected chi connectivity index (χ3v) is 5.17. The lowest BCUT2D eigenvalue weighted by Crippen LogP contribution is -2.35. The van der Waals surface area contributed by atoms with Gasteiger partial charge in [-0.15, -0.1) is 0 Å². The van der Waals surface area contributed by atoms with Gasteiger partial charge in [0.15, 0.2) is 34.9 Å². The molecule has 1 aliphatic rings. The van der Waals surface area contributed by atoms with Crippen molar-refractivity contribution in [3.63, 3.8) is 0 Å². The molecule has 1 aliphatic heterocycles. The van der Waals surface area contributed by atoms with Crippen LogP contribution in [0.3, 0.4) is 0 Å². The Kier molecular flexibility index (Phi) is 5.16. The molecule has 3 aromatic rings. The summed E-state index contributed by atoms with van der Waals surface area (Å²) in [7, 11) is 0. The first kappa shape index (κ1) is 21.7. The molecule has 3 aromatic carbocycles.